The first kappa shape index (κ1) is 23.6. The van der Waals surface area contributed by atoms with Gasteiger partial charge in [0.05, 0.1) is 24.7 Å². The molecule has 1 aromatic heterocycles. The maximum Gasteiger partial charge on any atom is 0.251 e. The second-order valence-electron chi connectivity index (χ2n) is 8.80. The van der Waals surface area contributed by atoms with Crippen molar-refractivity contribution in [2.75, 3.05) is 13.7 Å². The van der Waals surface area contributed by atoms with Gasteiger partial charge in [-0.1, -0.05) is 54.4 Å². The van der Waals surface area contributed by atoms with E-state index in [0.29, 0.717) is 6.54 Å². The maximum absolute atomic E-state index is 12.5. The van der Waals surface area contributed by atoms with E-state index in [1.165, 1.54) is 5.56 Å². The lowest BCUT2D eigenvalue weighted by Crippen LogP contribution is -2.25. The largest absolute Gasteiger partial charge is 0.496 e. The number of imidazole rings is 1. The van der Waals surface area contributed by atoms with Crippen LogP contribution in [0.15, 0.2) is 66.7 Å². The van der Waals surface area contributed by atoms with Gasteiger partial charge in [-0.15, -0.1) is 0 Å². The van der Waals surface area contributed by atoms with E-state index in [9.17, 15) is 4.79 Å². The lowest BCUT2D eigenvalue weighted by atomic mass is 10.1. The summed E-state index contributed by atoms with van der Waals surface area (Å²) in [7, 11) is 1.71. The normalized spacial score (nSPS) is 11.0. The van der Waals surface area contributed by atoms with Gasteiger partial charge in [0, 0.05) is 24.1 Å². The number of aryl methyl sites for hydroxylation is 3. The van der Waals surface area contributed by atoms with E-state index in [-0.39, 0.29) is 5.91 Å². The molecular formula is C29H33N3O2. The van der Waals surface area contributed by atoms with Gasteiger partial charge < -0.3 is 14.6 Å². The van der Waals surface area contributed by atoms with Crippen molar-refractivity contribution in [3.8, 4) is 5.75 Å². The lowest BCUT2D eigenvalue weighted by Gasteiger charge is -2.13. The highest BCUT2D eigenvalue weighted by atomic mass is 16.5. The molecule has 4 aromatic rings. The third-order valence-corrected chi connectivity index (χ3v) is 6.24. The molecule has 0 atom stereocenters. The zero-order chi connectivity index (χ0) is 23.9. The molecule has 1 N–H and O–H groups in total. The first-order valence-electron chi connectivity index (χ1n) is 12.0. The summed E-state index contributed by atoms with van der Waals surface area (Å²) in [6.45, 7) is 5.44. The Morgan fingerprint density at radius 3 is 2.59 bits per heavy atom. The highest BCUT2D eigenvalue weighted by Crippen LogP contribution is 2.24. The molecule has 0 radical (unpaired) electrons. The van der Waals surface area contributed by atoms with Gasteiger partial charge in [-0.3, -0.25) is 4.79 Å². The Labute approximate surface area is 201 Å². The fourth-order valence-corrected chi connectivity index (χ4v) is 4.45. The Kier molecular flexibility index (Phi) is 7.63. The van der Waals surface area contributed by atoms with Crippen molar-refractivity contribution in [2.45, 2.75) is 46.1 Å². The van der Waals surface area contributed by atoms with Crippen molar-refractivity contribution in [2.24, 2.45) is 0 Å². The standard InChI is InChI=1S/C29H33N3O2/c1-21-16-17-24(22(2)19-21)29(33)30-18-10-4-5-15-28-31-25-12-7-8-13-26(25)32(28)20-23-11-6-9-14-27(23)34-3/h6-9,11-14,16-17,19H,4-5,10,15,18,20H2,1-3H3,(H,30,33). The number of nitrogens with one attached hydrogen (secondary N) is 1. The summed E-state index contributed by atoms with van der Waals surface area (Å²) in [4.78, 5) is 17.4. The SMILES string of the molecule is COc1ccccc1Cn1c(CCCCCNC(=O)c2ccc(C)cc2C)nc2ccccc21. The number of carbonyl (C=O) groups excluding carboxylic acids is 1. The van der Waals surface area contributed by atoms with Crippen LogP contribution in [0, 0.1) is 13.8 Å². The lowest BCUT2D eigenvalue weighted by molar-refractivity contribution is 0.0952. The second-order valence-corrected chi connectivity index (χ2v) is 8.80. The summed E-state index contributed by atoms with van der Waals surface area (Å²) in [5.74, 6) is 1.99. The Bertz CT molecular complexity index is 1280. The zero-order valence-corrected chi connectivity index (χ0v) is 20.3. The van der Waals surface area contributed by atoms with Gasteiger partial charge in [-0.05, 0) is 56.5 Å². The van der Waals surface area contributed by atoms with Crippen molar-refractivity contribution >= 4 is 16.9 Å². The molecule has 34 heavy (non-hydrogen) atoms. The molecule has 5 nitrogen and oxygen atoms in total. The number of carbonyl (C=O) groups is 1. The number of nitrogens with zero attached hydrogens (tertiary/aromatic N) is 2. The molecule has 0 fully saturated rings. The molecule has 1 amide bonds. The summed E-state index contributed by atoms with van der Waals surface area (Å²) >= 11 is 0. The van der Waals surface area contributed by atoms with Crippen LogP contribution in [0.25, 0.3) is 11.0 Å². The van der Waals surface area contributed by atoms with E-state index >= 15 is 0 Å². The first-order valence-corrected chi connectivity index (χ1v) is 12.0. The first-order chi connectivity index (χ1) is 16.6. The molecule has 0 unspecified atom stereocenters. The fourth-order valence-electron chi connectivity index (χ4n) is 4.45. The molecular weight excluding hydrogens is 422 g/mol. The molecule has 5 heteroatoms. The van der Waals surface area contributed by atoms with Gasteiger partial charge in [0.25, 0.3) is 5.91 Å². The second kappa shape index (κ2) is 11.0. The maximum atomic E-state index is 12.5. The van der Waals surface area contributed by atoms with Gasteiger partial charge in [0.2, 0.25) is 0 Å². The van der Waals surface area contributed by atoms with E-state index in [0.717, 1.165) is 71.5 Å². The molecule has 0 saturated carbocycles. The molecule has 0 saturated heterocycles. The number of methoxy groups -OCH3 is 1. The van der Waals surface area contributed by atoms with E-state index in [4.69, 9.17) is 9.72 Å². The van der Waals surface area contributed by atoms with Gasteiger partial charge in [0.1, 0.15) is 11.6 Å². The molecule has 0 spiro atoms. The van der Waals surface area contributed by atoms with Gasteiger partial charge in [0.15, 0.2) is 0 Å². The number of para-hydroxylation sites is 3. The van der Waals surface area contributed by atoms with E-state index in [1.807, 2.05) is 56.3 Å². The van der Waals surface area contributed by atoms with Crippen molar-refractivity contribution in [3.05, 3.63) is 94.8 Å². The molecule has 0 bridgehead atoms. The predicted octanol–water partition coefficient (Wildman–Crippen LogP) is 5.85. The molecule has 0 aliphatic carbocycles. The van der Waals surface area contributed by atoms with Crippen molar-refractivity contribution in [1.82, 2.24) is 14.9 Å². The number of rotatable bonds is 10. The Morgan fingerprint density at radius 2 is 1.76 bits per heavy atom. The Hall–Kier alpha value is -3.60. The van der Waals surface area contributed by atoms with Crippen molar-refractivity contribution in [1.29, 1.82) is 0 Å². The van der Waals surface area contributed by atoms with Crippen LogP contribution >= 0.6 is 0 Å². The molecule has 1 heterocycles. The van der Waals surface area contributed by atoms with Crippen LogP contribution in [-0.2, 0) is 13.0 Å². The molecule has 176 valence electrons. The van der Waals surface area contributed by atoms with Crippen LogP contribution in [0.4, 0.5) is 0 Å². The summed E-state index contributed by atoms with van der Waals surface area (Å²) in [6.07, 6.45) is 3.90. The molecule has 0 aliphatic heterocycles. The van der Waals surface area contributed by atoms with Crippen LogP contribution < -0.4 is 10.1 Å². The third-order valence-electron chi connectivity index (χ3n) is 6.24. The van der Waals surface area contributed by atoms with Crippen LogP contribution in [0.2, 0.25) is 0 Å². The van der Waals surface area contributed by atoms with Crippen LogP contribution in [0.1, 0.15) is 52.1 Å². The van der Waals surface area contributed by atoms with Crippen LogP contribution in [0.5, 0.6) is 5.75 Å². The summed E-state index contributed by atoms with van der Waals surface area (Å²) in [5, 5.41) is 3.06. The van der Waals surface area contributed by atoms with E-state index < -0.39 is 0 Å². The third kappa shape index (κ3) is 5.48. The smallest absolute Gasteiger partial charge is 0.251 e. The number of aromatic nitrogens is 2. The summed E-state index contributed by atoms with van der Waals surface area (Å²) < 4.78 is 7.87. The number of amides is 1. The number of unbranched alkanes of at least 4 members (excludes halogenated alkanes) is 2. The van der Waals surface area contributed by atoms with Gasteiger partial charge in [-0.2, -0.15) is 0 Å². The summed E-state index contributed by atoms with van der Waals surface area (Å²) in [6, 6.07) is 22.4. The molecule has 3 aromatic carbocycles. The Morgan fingerprint density at radius 1 is 0.971 bits per heavy atom. The molecule has 0 aliphatic rings. The monoisotopic (exact) mass is 455 g/mol. The number of hydrogen-bond donors (Lipinski definition) is 1. The average Bonchev–Trinajstić information content (AvgIpc) is 3.18. The highest BCUT2D eigenvalue weighted by molar-refractivity contribution is 5.95. The van der Waals surface area contributed by atoms with Crippen molar-refractivity contribution in [3.63, 3.8) is 0 Å². The van der Waals surface area contributed by atoms with Crippen LogP contribution in [-0.4, -0.2) is 29.1 Å². The minimum Gasteiger partial charge on any atom is -0.496 e. The quantitative estimate of drug-likeness (QED) is 0.305. The minimum atomic E-state index is 0.0103. The summed E-state index contributed by atoms with van der Waals surface area (Å²) in [5.41, 5.74) is 6.26. The minimum absolute atomic E-state index is 0.0103. The average molecular weight is 456 g/mol. The van der Waals surface area contributed by atoms with E-state index in [1.54, 1.807) is 7.11 Å². The zero-order valence-electron chi connectivity index (χ0n) is 20.3. The predicted molar refractivity (Wildman–Crippen MR) is 138 cm³/mol. The Balaban J connectivity index is 1.34. The van der Waals surface area contributed by atoms with Crippen LogP contribution in [0.3, 0.4) is 0 Å². The fraction of sp³-hybridized carbons (Fsp3) is 0.310. The van der Waals surface area contributed by atoms with Gasteiger partial charge >= 0.3 is 0 Å². The number of benzene rings is 3. The number of fused-ring (bicyclic) bond motifs is 1. The molecule has 4 rings (SSSR count). The van der Waals surface area contributed by atoms with E-state index in [2.05, 4.69) is 34.1 Å². The number of ether oxygens (including phenoxy) is 1. The van der Waals surface area contributed by atoms with Crippen molar-refractivity contribution < 1.29 is 9.53 Å². The number of hydrogen-bond acceptors (Lipinski definition) is 3. The highest BCUT2D eigenvalue weighted by Gasteiger charge is 2.13. The van der Waals surface area contributed by atoms with Gasteiger partial charge in [-0.25, -0.2) is 4.98 Å². The topological polar surface area (TPSA) is 56.1 Å².